The molecule has 0 amide bonds. The first kappa shape index (κ1) is 20.0. The quantitative estimate of drug-likeness (QED) is 0.345. The lowest BCUT2D eigenvalue weighted by Gasteiger charge is -2.21. The molecule has 1 aliphatic carbocycles. The van der Waals surface area contributed by atoms with E-state index in [1.54, 1.807) is 0 Å². The van der Waals surface area contributed by atoms with Crippen molar-refractivity contribution in [3.63, 3.8) is 0 Å². The van der Waals surface area contributed by atoms with Gasteiger partial charge in [-0.2, -0.15) is 8.42 Å². The van der Waals surface area contributed by atoms with Crippen molar-refractivity contribution in [2.75, 3.05) is 5.75 Å². The summed E-state index contributed by atoms with van der Waals surface area (Å²) in [7, 11) is -3.74. The highest BCUT2D eigenvalue weighted by Crippen LogP contribution is 2.28. The molecule has 0 aliphatic heterocycles. The second-order valence-corrected chi connectivity index (χ2v) is 8.69. The van der Waals surface area contributed by atoms with Gasteiger partial charge in [0.1, 0.15) is 0 Å². The van der Waals surface area contributed by atoms with Crippen molar-refractivity contribution in [1.29, 1.82) is 0 Å². The van der Waals surface area contributed by atoms with Gasteiger partial charge in [0.2, 0.25) is 0 Å². The number of hydrogen-bond donors (Lipinski definition) is 1. The van der Waals surface area contributed by atoms with E-state index < -0.39 is 10.1 Å². The molecular formula is C18H36O3S. The second kappa shape index (κ2) is 12.3. The van der Waals surface area contributed by atoms with Crippen LogP contribution in [-0.4, -0.2) is 18.7 Å². The van der Waals surface area contributed by atoms with Crippen LogP contribution in [0.25, 0.3) is 0 Å². The van der Waals surface area contributed by atoms with Crippen LogP contribution in [0.3, 0.4) is 0 Å². The predicted octanol–water partition coefficient (Wildman–Crippen LogP) is 5.75. The zero-order valence-corrected chi connectivity index (χ0v) is 15.1. The molecule has 1 fully saturated rings. The van der Waals surface area contributed by atoms with Gasteiger partial charge in [0.05, 0.1) is 5.75 Å². The van der Waals surface area contributed by atoms with E-state index in [1.807, 2.05) is 0 Å². The standard InChI is InChI=1S/C18H36O3S/c19-22(20,21)17-13-8-6-4-2-1-3-5-7-10-14-18-15-11-9-12-16-18/h18H,1-17H2,(H,19,20,21). The summed E-state index contributed by atoms with van der Waals surface area (Å²) in [6.07, 6.45) is 20.8. The van der Waals surface area contributed by atoms with Crippen LogP contribution in [0.2, 0.25) is 0 Å². The van der Waals surface area contributed by atoms with Gasteiger partial charge < -0.3 is 0 Å². The molecule has 0 bridgehead atoms. The molecule has 4 heteroatoms. The average Bonchev–Trinajstić information content (AvgIpc) is 2.48. The van der Waals surface area contributed by atoms with Gasteiger partial charge >= 0.3 is 0 Å². The fourth-order valence-corrected chi connectivity index (χ4v) is 4.18. The minimum atomic E-state index is -3.74. The van der Waals surface area contributed by atoms with Gasteiger partial charge in [0.15, 0.2) is 0 Å². The SMILES string of the molecule is O=S(=O)(O)CCCCCCCCCCCCC1CCCCC1. The Labute approximate surface area is 138 Å². The fraction of sp³-hybridized carbons (Fsp3) is 1.00. The predicted molar refractivity (Wildman–Crippen MR) is 93.8 cm³/mol. The zero-order chi connectivity index (χ0) is 16.1. The molecular weight excluding hydrogens is 296 g/mol. The third-order valence-corrected chi connectivity index (χ3v) is 5.79. The molecule has 1 rings (SSSR count). The van der Waals surface area contributed by atoms with Crippen LogP contribution in [0.5, 0.6) is 0 Å². The van der Waals surface area contributed by atoms with Crippen molar-refractivity contribution in [1.82, 2.24) is 0 Å². The smallest absolute Gasteiger partial charge is 0.264 e. The van der Waals surface area contributed by atoms with E-state index in [0.717, 1.165) is 18.8 Å². The minimum Gasteiger partial charge on any atom is -0.286 e. The lowest BCUT2D eigenvalue weighted by molar-refractivity contribution is 0.328. The molecule has 0 saturated heterocycles. The van der Waals surface area contributed by atoms with Crippen molar-refractivity contribution in [3.05, 3.63) is 0 Å². The molecule has 3 nitrogen and oxygen atoms in total. The van der Waals surface area contributed by atoms with E-state index in [-0.39, 0.29) is 5.75 Å². The van der Waals surface area contributed by atoms with Gasteiger partial charge in [-0.25, -0.2) is 0 Å². The monoisotopic (exact) mass is 332 g/mol. The Hall–Kier alpha value is -0.0900. The van der Waals surface area contributed by atoms with E-state index >= 15 is 0 Å². The summed E-state index contributed by atoms with van der Waals surface area (Å²) in [5, 5.41) is 0. The van der Waals surface area contributed by atoms with Crippen molar-refractivity contribution in [2.45, 2.75) is 103 Å². The summed E-state index contributed by atoms with van der Waals surface area (Å²) in [5.74, 6) is 0.963. The summed E-state index contributed by atoms with van der Waals surface area (Å²) in [5.41, 5.74) is 0. The van der Waals surface area contributed by atoms with Crippen molar-refractivity contribution in [2.24, 2.45) is 5.92 Å². The van der Waals surface area contributed by atoms with E-state index in [0.29, 0.717) is 6.42 Å². The Balaban J connectivity index is 1.74. The van der Waals surface area contributed by atoms with E-state index in [1.165, 1.54) is 83.5 Å². The van der Waals surface area contributed by atoms with E-state index in [4.69, 9.17) is 4.55 Å². The summed E-state index contributed by atoms with van der Waals surface area (Å²) < 4.78 is 29.7. The van der Waals surface area contributed by atoms with Crippen LogP contribution < -0.4 is 0 Å². The second-order valence-electron chi connectivity index (χ2n) is 7.11. The molecule has 1 aliphatic rings. The largest absolute Gasteiger partial charge is 0.286 e. The Bertz CT molecular complexity index is 345. The first-order valence-electron chi connectivity index (χ1n) is 9.53. The molecule has 0 aromatic carbocycles. The molecule has 1 N–H and O–H groups in total. The molecule has 22 heavy (non-hydrogen) atoms. The van der Waals surface area contributed by atoms with Crippen LogP contribution in [0.15, 0.2) is 0 Å². The molecule has 1 saturated carbocycles. The van der Waals surface area contributed by atoms with Crippen LogP contribution in [0.1, 0.15) is 103 Å². The number of unbranched alkanes of at least 4 members (excludes halogenated alkanes) is 9. The summed E-state index contributed by atoms with van der Waals surface area (Å²) >= 11 is 0. The van der Waals surface area contributed by atoms with Gasteiger partial charge in [-0.05, 0) is 12.3 Å². The van der Waals surface area contributed by atoms with Gasteiger partial charge in [-0.1, -0.05) is 96.3 Å². The maximum absolute atomic E-state index is 10.5. The first-order valence-corrected chi connectivity index (χ1v) is 11.1. The molecule has 0 aromatic rings. The summed E-state index contributed by atoms with van der Waals surface area (Å²) in [6, 6.07) is 0. The van der Waals surface area contributed by atoms with Gasteiger partial charge in [0.25, 0.3) is 10.1 Å². The Morgan fingerprint density at radius 3 is 1.64 bits per heavy atom. The van der Waals surface area contributed by atoms with Crippen LogP contribution >= 0.6 is 0 Å². The van der Waals surface area contributed by atoms with Crippen molar-refractivity contribution >= 4 is 10.1 Å². The lowest BCUT2D eigenvalue weighted by atomic mass is 9.85. The third kappa shape index (κ3) is 12.5. The lowest BCUT2D eigenvalue weighted by Crippen LogP contribution is -2.05. The highest BCUT2D eigenvalue weighted by molar-refractivity contribution is 7.85. The maximum atomic E-state index is 10.5. The van der Waals surface area contributed by atoms with Gasteiger partial charge in [-0.3, -0.25) is 4.55 Å². The molecule has 0 heterocycles. The fourth-order valence-electron chi connectivity index (χ4n) is 3.61. The highest BCUT2D eigenvalue weighted by atomic mass is 32.2. The minimum absolute atomic E-state index is 0.0754. The Morgan fingerprint density at radius 1 is 0.682 bits per heavy atom. The molecule has 132 valence electrons. The molecule has 0 radical (unpaired) electrons. The third-order valence-electron chi connectivity index (χ3n) is 4.99. The zero-order valence-electron chi connectivity index (χ0n) is 14.3. The molecule has 0 spiro atoms. The Morgan fingerprint density at radius 2 is 1.14 bits per heavy atom. The molecule has 0 atom stereocenters. The maximum Gasteiger partial charge on any atom is 0.264 e. The number of rotatable bonds is 13. The molecule has 0 unspecified atom stereocenters. The van der Waals surface area contributed by atoms with Crippen LogP contribution in [0.4, 0.5) is 0 Å². The summed E-state index contributed by atoms with van der Waals surface area (Å²) in [6.45, 7) is 0. The van der Waals surface area contributed by atoms with E-state index in [2.05, 4.69) is 0 Å². The van der Waals surface area contributed by atoms with Crippen molar-refractivity contribution < 1.29 is 13.0 Å². The first-order chi connectivity index (χ1) is 10.6. The normalized spacial score (nSPS) is 17.0. The Kier molecular flexibility index (Phi) is 11.2. The van der Waals surface area contributed by atoms with E-state index in [9.17, 15) is 8.42 Å². The summed E-state index contributed by atoms with van der Waals surface area (Å²) in [4.78, 5) is 0. The number of hydrogen-bond acceptors (Lipinski definition) is 2. The topological polar surface area (TPSA) is 54.4 Å². The highest BCUT2D eigenvalue weighted by Gasteiger charge is 2.12. The van der Waals surface area contributed by atoms with Gasteiger partial charge in [-0.15, -0.1) is 0 Å². The van der Waals surface area contributed by atoms with Gasteiger partial charge in [0, 0.05) is 0 Å². The van der Waals surface area contributed by atoms with Crippen LogP contribution in [-0.2, 0) is 10.1 Å². The van der Waals surface area contributed by atoms with Crippen molar-refractivity contribution in [3.8, 4) is 0 Å². The molecule has 0 aromatic heterocycles. The van der Waals surface area contributed by atoms with Crippen LogP contribution in [0, 0.1) is 5.92 Å². The average molecular weight is 333 g/mol.